The van der Waals surface area contributed by atoms with E-state index in [2.05, 4.69) is 47.2 Å². The highest BCUT2D eigenvalue weighted by Crippen LogP contribution is 2.44. The zero-order chi connectivity index (χ0) is 22.8. The summed E-state index contributed by atoms with van der Waals surface area (Å²) in [5.41, 5.74) is 4.37. The predicted octanol–water partition coefficient (Wildman–Crippen LogP) is 3.84. The van der Waals surface area contributed by atoms with E-state index < -0.39 is 0 Å². The Balaban J connectivity index is 1.30. The van der Waals surface area contributed by atoms with Crippen LogP contribution in [-0.2, 0) is 21.6 Å². The molecule has 1 amide bonds. The molecule has 1 aromatic heterocycles. The summed E-state index contributed by atoms with van der Waals surface area (Å²) in [6, 6.07) is 12.7. The summed E-state index contributed by atoms with van der Waals surface area (Å²) in [7, 11) is 3.98. The van der Waals surface area contributed by atoms with E-state index in [9.17, 15) is 4.79 Å². The molecular formula is C27H36N4O2. The van der Waals surface area contributed by atoms with Gasteiger partial charge >= 0.3 is 0 Å². The number of piperazine rings is 1. The third-order valence-electron chi connectivity index (χ3n) is 7.96. The van der Waals surface area contributed by atoms with Crippen molar-refractivity contribution in [2.24, 2.45) is 5.92 Å². The molecule has 1 unspecified atom stereocenters. The van der Waals surface area contributed by atoms with Crippen molar-refractivity contribution in [2.75, 3.05) is 56.7 Å². The van der Waals surface area contributed by atoms with E-state index in [1.54, 1.807) is 7.11 Å². The normalized spacial score (nSPS) is 23.5. The fraction of sp³-hybridized carbons (Fsp3) is 0.556. The number of likely N-dealkylation sites (N-methyl/N-ethyl adjacent to an activating group) is 1. The number of carbonyl (C=O) groups excluding carboxylic acids is 1. The monoisotopic (exact) mass is 448 g/mol. The van der Waals surface area contributed by atoms with E-state index in [0.717, 1.165) is 69.8 Å². The summed E-state index contributed by atoms with van der Waals surface area (Å²) in [6.45, 7) is 4.93. The van der Waals surface area contributed by atoms with Crippen LogP contribution in [0.15, 0.2) is 42.6 Å². The number of hydrogen-bond acceptors (Lipinski definition) is 5. The lowest BCUT2D eigenvalue weighted by atomic mass is 9.75. The molecule has 0 radical (unpaired) electrons. The average molecular weight is 449 g/mol. The van der Waals surface area contributed by atoms with Gasteiger partial charge in [-0.3, -0.25) is 9.78 Å². The summed E-state index contributed by atoms with van der Waals surface area (Å²) >= 11 is 0. The minimum Gasteiger partial charge on any atom is -0.374 e. The van der Waals surface area contributed by atoms with Gasteiger partial charge in [-0.15, -0.1) is 0 Å². The first-order valence-electron chi connectivity index (χ1n) is 12.4. The van der Waals surface area contributed by atoms with Crippen LogP contribution >= 0.6 is 0 Å². The van der Waals surface area contributed by atoms with E-state index >= 15 is 0 Å². The number of rotatable bonds is 6. The van der Waals surface area contributed by atoms with Gasteiger partial charge in [0.05, 0.1) is 17.0 Å². The maximum Gasteiger partial charge on any atom is 0.230 e. The van der Waals surface area contributed by atoms with E-state index in [4.69, 9.17) is 9.72 Å². The number of anilines is 2. The Kier molecular flexibility index (Phi) is 6.39. The van der Waals surface area contributed by atoms with Gasteiger partial charge in [-0.25, -0.2) is 0 Å². The predicted molar refractivity (Wildman–Crippen MR) is 132 cm³/mol. The standard InChI is InChI=1S/C27H36N4O2/c1-29-16-18-30(19-17-29)25-7-3-14-28-24(25)20-21-6-4-15-31(26(21)32)23-10-8-22(9-11-23)27(33-2)12-5-13-27/h3,7-11,14,21H,4-6,12-13,15-20H2,1-2H3. The smallest absolute Gasteiger partial charge is 0.230 e. The molecule has 1 aliphatic carbocycles. The summed E-state index contributed by atoms with van der Waals surface area (Å²) in [4.78, 5) is 25.0. The number of piperidine rings is 1. The summed E-state index contributed by atoms with van der Waals surface area (Å²) < 4.78 is 5.82. The van der Waals surface area contributed by atoms with Crippen LogP contribution in [0.2, 0.25) is 0 Å². The molecule has 0 bridgehead atoms. The molecule has 0 N–H and O–H groups in total. The van der Waals surface area contributed by atoms with Gasteiger partial charge < -0.3 is 19.4 Å². The first-order chi connectivity index (χ1) is 16.1. The molecule has 6 heteroatoms. The van der Waals surface area contributed by atoms with Crippen molar-refractivity contribution in [1.29, 1.82) is 0 Å². The third kappa shape index (κ3) is 4.38. The van der Waals surface area contributed by atoms with E-state index in [1.807, 2.05) is 17.2 Å². The summed E-state index contributed by atoms with van der Waals surface area (Å²) in [5, 5.41) is 0. The molecule has 1 aromatic carbocycles. The van der Waals surface area contributed by atoms with Gasteiger partial charge in [0, 0.05) is 64.1 Å². The molecule has 3 aliphatic rings. The lowest BCUT2D eigenvalue weighted by molar-refractivity contribution is -0.123. The van der Waals surface area contributed by atoms with Crippen molar-refractivity contribution >= 4 is 17.3 Å². The highest BCUT2D eigenvalue weighted by molar-refractivity contribution is 5.96. The van der Waals surface area contributed by atoms with Crippen molar-refractivity contribution in [3.8, 4) is 0 Å². The molecule has 3 fully saturated rings. The van der Waals surface area contributed by atoms with Crippen LogP contribution in [0.1, 0.15) is 43.4 Å². The van der Waals surface area contributed by atoms with E-state index in [1.165, 1.54) is 17.7 Å². The van der Waals surface area contributed by atoms with Crippen LogP contribution in [-0.4, -0.2) is 62.7 Å². The van der Waals surface area contributed by atoms with Crippen LogP contribution in [0.5, 0.6) is 0 Å². The minimum absolute atomic E-state index is 0.0171. The molecule has 2 aliphatic heterocycles. The SMILES string of the molecule is COC1(c2ccc(N3CCCC(Cc4ncccc4N4CCN(C)CC4)C3=O)cc2)CCC1. The Morgan fingerprint density at radius 3 is 2.45 bits per heavy atom. The Labute approximate surface area is 197 Å². The van der Waals surface area contributed by atoms with Gasteiger partial charge in [0.2, 0.25) is 5.91 Å². The fourth-order valence-corrected chi connectivity index (χ4v) is 5.60. The number of methoxy groups -OCH3 is 1. The molecule has 1 atom stereocenters. The zero-order valence-electron chi connectivity index (χ0n) is 20.0. The largest absolute Gasteiger partial charge is 0.374 e. The topological polar surface area (TPSA) is 48.9 Å². The highest BCUT2D eigenvalue weighted by atomic mass is 16.5. The number of aromatic nitrogens is 1. The Bertz CT molecular complexity index is 959. The van der Waals surface area contributed by atoms with Crippen molar-refractivity contribution in [3.63, 3.8) is 0 Å². The molecule has 5 rings (SSSR count). The Morgan fingerprint density at radius 2 is 1.79 bits per heavy atom. The second-order valence-corrected chi connectivity index (χ2v) is 9.89. The molecule has 176 valence electrons. The quantitative estimate of drug-likeness (QED) is 0.672. The number of ether oxygens (including phenoxy) is 1. The van der Waals surface area contributed by atoms with Gasteiger partial charge in [-0.1, -0.05) is 12.1 Å². The zero-order valence-corrected chi connectivity index (χ0v) is 20.0. The number of benzene rings is 1. The van der Waals surface area contributed by atoms with E-state index in [0.29, 0.717) is 6.42 Å². The van der Waals surface area contributed by atoms with Gasteiger partial charge in [0.15, 0.2) is 0 Å². The maximum absolute atomic E-state index is 13.5. The minimum atomic E-state index is -0.119. The molecule has 33 heavy (non-hydrogen) atoms. The lowest BCUT2D eigenvalue weighted by Gasteiger charge is -2.41. The van der Waals surface area contributed by atoms with Gasteiger partial charge in [-0.2, -0.15) is 0 Å². The van der Waals surface area contributed by atoms with Crippen molar-refractivity contribution in [2.45, 2.75) is 44.1 Å². The van der Waals surface area contributed by atoms with Crippen molar-refractivity contribution < 1.29 is 9.53 Å². The van der Waals surface area contributed by atoms with Gasteiger partial charge in [-0.05, 0) is 69.0 Å². The molecule has 2 aromatic rings. The Hall–Kier alpha value is -2.44. The second-order valence-electron chi connectivity index (χ2n) is 9.89. The van der Waals surface area contributed by atoms with E-state index in [-0.39, 0.29) is 17.4 Å². The number of hydrogen-bond donors (Lipinski definition) is 0. The van der Waals surface area contributed by atoms with Crippen LogP contribution < -0.4 is 9.80 Å². The molecule has 1 saturated carbocycles. The van der Waals surface area contributed by atoms with Crippen LogP contribution in [0, 0.1) is 5.92 Å². The molecule has 0 spiro atoms. The maximum atomic E-state index is 13.5. The van der Waals surface area contributed by atoms with Crippen LogP contribution in [0.3, 0.4) is 0 Å². The molecule has 6 nitrogen and oxygen atoms in total. The third-order valence-corrected chi connectivity index (χ3v) is 7.96. The number of carbonyl (C=O) groups is 1. The van der Waals surface area contributed by atoms with Crippen molar-refractivity contribution in [3.05, 3.63) is 53.9 Å². The average Bonchev–Trinajstić information content (AvgIpc) is 2.82. The molecule has 3 heterocycles. The van der Waals surface area contributed by atoms with Crippen molar-refractivity contribution in [1.82, 2.24) is 9.88 Å². The first kappa shape index (κ1) is 22.4. The number of pyridine rings is 1. The van der Waals surface area contributed by atoms with Gasteiger partial charge in [0.1, 0.15) is 0 Å². The first-order valence-corrected chi connectivity index (χ1v) is 12.4. The van der Waals surface area contributed by atoms with Gasteiger partial charge in [0.25, 0.3) is 0 Å². The Morgan fingerprint density at radius 1 is 1.03 bits per heavy atom. The summed E-state index contributed by atoms with van der Waals surface area (Å²) in [5.74, 6) is 0.213. The highest BCUT2D eigenvalue weighted by Gasteiger charge is 2.39. The summed E-state index contributed by atoms with van der Waals surface area (Å²) in [6.07, 6.45) is 7.90. The van der Waals surface area contributed by atoms with Crippen LogP contribution in [0.25, 0.3) is 0 Å². The number of nitrogens with zero attached hydrogens (tertiary/aromatic N) is 4. The fourth-order valence-electron chi connectivity index (χ4n) is 5.60. The molecular weight excluding hydrogens is 412 g/mol. The lowest BCUT2D eigenvalue weighted by Crippen LogP contribution is -2.45. The van der Waals surface area contributed by atoms with Crippen LogP contribution in [0.4, 0.5) is 11.4 Å². The molecule has 2 saturated heterocycles. The second kappa shape index (κ2) is 9.43. The number of amides is 1.